The van der Waals surface area contributed by atoms with Gasteiger partial charge in [0.1, 0.15) is 22.8 Å². The maximum absolute atomic E-state index is 13.2. The third kappa shape index (κ3) is 3.37. The number of ether oxygens (including phenoxy) is 4. The Morgan fingerprint density at radius 3 is 1.88 bits per heavy atom. The minimum atomic E-state index is -0.653. The molecule has 0 aliphatic heterocycles. The van der Waals surface area contributed by atoms with Gasteiger partial charge in [-0.1, -0.05) is 6.07 Å². The Morgan fingerprint density at radius 1 is 0.846 bits per heavy atom. The number of carbonyl (C=O) groups excluding carboxylic acids is 3. The third-order valence-corrected chi connectivity index (χ3v) is 3.78. The number of methoxy groups -OCH3 is 4. The molecule has 0 aromatic heterocycles. The van der Waals surface area contributed by atoms with Gasteiger partial charge in [-0.25, -0.2) is 4.79 Å². The van der Waals surface area contributed by atoms with E-state index in [0.717, 1.165) is 0 Å². The Kier molecular flexibility index (Phi) is 5.95. The summed E-state index contributed by atoms with van der Waals surface area (Å²) in [6.45, 7) is 0. The van der Waals surface area contributed by atoms with E-state index in [0.29, 0.717) is 6.29 Å². The van der Waals surface area contributed by atoms with Crippen molar-refractivity contribution in [3.05, 3.63) is 52.6 Å². The molecule has 7 heteroatoms. The first kappa shape index (κ1) is 19.0. The van der Waals surface area contributed by atoms with Crippen molar-refractivity contribution in [3.63, 3.8) is 0 Å². The number of esters is 1. The lowest BCUT2D eigenvalue weighted by molar-refractivity contribution is 0.0600. The van der Waals surface area contributed by atoms with E-state index >= 15 is 0 Å². The first-order valence-electron chi connectivity index (χ1n) is 7.53. The van der Waals surface area contributed by atoms with Gasteiger partial charge in [-0.15, -0.1) is 0 Å². The maximum Gasteiger partial charge on any atom is 0.338 e. The van der Waals surface area contributed by atoms with Gasteiger partial charge in [0.15, 0.2) is 6.29 Å². The van der Waals surface area contributed by atoms with Crippen molar-refractivity contribution < 1.29 is 33.3 Å². The largest absolute Gasteiger partial charge is 0.496 e. The molecule has 2 aromatic rings. The molecule has 0 spiro atoms. The van der Waals surface area contributed by atoms with Crippen molar-refractivity contribution in [2.75, 3.05) is 28.4 Å². The van der Waals surface area contributed by atoms with Gasteiger partial charge < -0.3 is 18.9 Å². The summed E-state index contributed by atoms with van der Waals surface area (Å²) < 4.78 is 20.4. The predicted molar refractivity (Wildman–Crippen MR) is 92.7 cm³/mol. The summed E-state index contributed by atoms with van der Waals surface area (Å²) >= 11 is 0. The second-order valence-corrected chi connectivity index (χ2v) is 5.12. The molecule has 0 saturated heterocycles. The van der Waals surface area contributed by atoms with Gasteiger partial charge in [-0.05, 0) is 24.3 Å². The molecule has 0 heterocycles. The fourth-order valence-electron chi connectivity index (χ4n) is 2.57. The average Bonchev–Trinajstić information content (AvgIpc) is 2.70. The lowest BCUT2D eigenvalue weighted by Crippen LogP contribution is -2.13. The van der Waals surface area contributed by atoms with Gasteiger partial charge in [-0.2, -0.15) is 0 Å². The fraction of sp³-hybridized carbons (Fsp3) is 0.211. The Bertz CT molecular complexity index is 833. The van der Waals surface area contributed by atoms with Gasteiger partial charge in [0.05, 0.1) is 39.6 Å². The minimum absolute atomic E-state index is 0.00190. The van der Waals surface area contributed by atoms with Crippen LogP contribution in [0.1, 0.15) is 36.6 Å². The molecule has 26 heavy (non-hydrogen) atoms. The summed E-state index contributed by atoms with van der Waals surface area (Å²) in [5.41, 5.74) is 0.223. The lowest BCUT2D eigenvalue weighted by Gasteiger charge is -2.16. The van der Waals surface area contributed by atoms with Crippen LogP contribution in [0.25, 0.3) is 0 Å². The zero-order valence-corrected chi connectivity index (χ0v) is 14.8. The first-order chi connectivity index (χ1) is 12.5. The highest BCUT2D eigenvalue weighted by Crippen LogP contribution is 2.35. The van der Waals surface area contributed by atoms with Crippen molar-refractivity contribution in [2.45, 2.75) is 0 Å². The van der Waals surface area contributed by atoms with E-state index in [1.54, 1.807) is 18.2 Å². The van der Waals surface area contributed by atoms with E-state index < -0.39 is 11.8 Å². The average molecular weight is 358 g/mol. The lowest BCUT2D eigenvalue weighted by atomic mass is 9.94. The molecule has 0 unspecified atom stereocenters. The zero-order valence-electron chi connectivity index (χ0n) is 14.8. The van der Waals surface area contributed by atoms with Crippen molar-refractivity contribution in [2.24, 2.45) is 0 Å². The number of aldehydes is 1. The molecule has 0 bridgehead atoms. The minimum Gasteiger partial charge on any atom is -0.496 e. The summed E-state index contributed by atoms with van der Waals surface area (Å²) in [5.74, 6) is -0.557. The number of hydrogen-bond acceptors (Lipinski definition) is 7. The molecule has 0 amide bonds. The Labute approximate surface area is 150 Å². The van der Waals surface area contributed by atoms with Crippen LogP contribution in [0.4, 0.5) is 0 Å². The van der Waals surface area contributed by atoms with Gasteiger partial charge in [-0.3, -0.25) is 9.59 Å². The SMILES string of the molecule is COC(=O)c1cc(C=O)c(C(=O)c2c(OC)cccc2OC)c(OC)c1. The fourth-order valence-corrected chi connectivity index (χ4v) is 2.57. The van der Waals surface area contributed by atoms with E-state index in [-0.39, 0.29) is 39.5 Å². The molecular weight excluding hydrogens is 340 g/mol. The molecule has 0 fully saturated rings. The molecule has 2 aromatic carbocycles. The second kappa shape index (κ2) is 8.15. The van der Waals surface area contributed by atoms with Gasteiger partial charge in [0.2, 0.25) is 5.78 Å². The highest BCUT2D eigenvalue weighted by molar-refractivity contribution is 6.17. The quantitative estimate of drug-likeness (QED) is 0.427. The van der Waals surface area contributed by atoms with Crippen molar-refractivity contribution >= 4 is 18.0 Å². The summed E-state index contributed by atoms with van der Waals surface area (Å²) in [6.07, 6.45) is 0.476. The summed E-state index contributed by atoms with van der Waals surface area (Å²) in [5, 5.41) is 0. The zero-order chi connectivity index (χ0) is 19.3. The summed E-state index contributed by atoms with van der Waals surface area (Å²) in [6, 6.07) is 7.49. The topological polar surface area (TPSA) is 88.1 Å². The molecule has 7 nitrogen and oxygen atoms in total. The smallest absolute Gasteiger partial charge is 0.338 e. The predicted octanol–water partition coefficient (Wildman–Crippen LogP) is 2.54. The van der Waals surface area contributed by atoms with E-state index in [9.17, 15) is 14.4 Å². The molecule has 136 valence electrons. The van der Waals surface area contributed by atoms with Crippen molar-refractivity contribution in [3.8, 4) is 17.2 Å². The normalized spacial score (nSPS) is 10.0. The Balaban J connectivity index is 2.74. The monoisotopic (exact) mass is 358 g/mol. The van der Waals surface area contributed by atoms with Crippen LogP contribution >= 0.6 is 0 Å². The van der Waals surface area contributed by atoms with Crippen LogP contribution in [0.5, 0.6) is 17.2 Å². The molecular formula is C19H18O7. The molecule has 0 saturated carbocycles. The molecule has 0 radical (unpaired) electrons. The van der Waals surface area contributed by atoms with Crippen LogP contribution in [0.2, 0.25) is 0 Å². The van der Waals surface area contributed by atoms with Crippen LogP contribution in [-0.4, -0.2) is 46.5 Å². The van der Waals surface area contributed by atoms with Gasteiger partial charge >= 0.3 is 5.97 Å². The van der Waals surface area contributed by atoms with E-state index in [1.807, 2.05) is 0 Å². The summed E-state index contributed by atoms with van der Waals surface area (Å²) in [4.78, 5) is 36.6. The Hall–Kier alpha value is -3.35. The molecule has 0 atom stereocenters. The number of rotatable bonds is 7. The first-order valence-corrected chi connectivity index (χ1v) is 7.53. The molecule has 0 aliphatic carbocycles. The van der Waals surface area contributed by atoms with Crippen LogP contribution < -0.4 is 14.2 Å². The molecule has 2 rings (SSSR count). The highest BCUT2D eigenvalue weighted by Gasteiger charge is 2.27. The number of benzene rings is 2. The third-order valence-electron chi connectivity index (χ3n) is 3.78. The molecule has 0 N–H and O–H groups in total. The number of carbonyl (C=O) groups is 3. The number of hydrogen-bond donors (Lipinski definition) is 0. The van der Waals surface area contributed by atoms with Crippen LogP contribution in [-0.2, 0) is 4.74 Å². The maximum atomic E-state index is 13.2. The second-order valence-electron chi connectivity index (χ2n) is 5.12. The standard InChI is InChI=1S/C19H18O7/c1-23-13-6-5-7-14(24-2)17(13)18(21)16-12(10-20)8-11(19(22)26-4)9-15(16)25-3/h5-10H,1-4H3. The van der Waals surface area contributed by atoms with Crippen LogP contribution in [0.3, 0.4) is 0 Å². The van der Waals surface area contributed by atoms with Crippen molar-refractivity contribution in [1.29, 1.82) is 0 Å². The van der Waals surface area contributed by atoms with E-state index in [1.165, 1.54) is 40.6 Å². The van der Waals surface area contributed by atoms with E-state index in [4.69, 9.17) is 14.2 Å². The van der Waals surface area contributed by atoms with Gasteiger partial charge in [0.25, 0.3) is 0 Å². The Morgan fingerprint density at radius 2 is 1.42 bits per heavy atom. The number of ketones is 1. The van der Waals surface area contributed by atoms with Crippen molar-refractivity contribution in [1.82, 2.24) is 0 Å². The summed E-state index contributed by atoms with van der Waals surface area (Å²) in [7, 11) is 5.39. The van der Waals surface area contributed by atoms with Gasteiger partial charge in [0, 0.05) is 5.56 Å². The molecule has 0 aliphatic rings. The van der Waals surface area contributed by atoms with Crippen LogP contribution in [0, 0.1) is 0 Å². The van der Waals surface area contributed by atoms with Crippen LogP contribution in [0.15, 0.2) is 30.3 Å². The van der Waals surface area contributed by atoms with E-state index in [2.05, 4.69) is 4.74 Å². The highest BCUT2D eigenvalue weighted by atomic mass is 16.5.